The summed E-state index contributed by atoms with van der Waals surface area (Å²) >= 11 is 3.44. The van der Waals surface area contributed by atoms with Crippen LogP contribution in [0.3, 0.4) is 0 Å². The van der Waals surface area contributed by atoms with Crippen LogP contribution in [-0.4, -0.2) is 12.6 Å². The molecule has 82 valence electrons. The van der Waals surface area contributed by atoms with Gasteiger partial charge in [-0.05, 0) is 30.5 Å². The van der Waals surface area contributed by atoms with E-state index in [4.69, 9.17) is 4.74 Å². The minimum Gasteiger partial charge on any atom is -0.489 e. The average molecular weight is 270 g/mol. The molecule has 1 heterocycles. The Morgan fingerprint density at radius 2 is 2.33 bits per heavy atom. The minimum atomic E-state index is 0.443. The quantitative estimate of drug-likeness (QED) is 0.885. The van der Waals surface area contributed by atoms with Crippen molar-refractivity contribution >= 4 is 21.6 Å². The van der Waals surface area contributed by atoms with Crippen molar-refractivity contribution in [2.75, 3.05) is 11.9 Å². The Hall–Kier alpha value is -0.700. The van der Waals surface area contributed by atoms with Crippen LogP contribution in [0.5, 0.6) is 5.75 Å². The number of hydrogen-bond donors (Lipinski definition) is 1. The van der Waals surface area contributed by atoms with E-state index >= 15 is 0 Å². The zero-order valence-corrected chi connectivity index (χ0v) is 10.7. The number of nitrogens with one attached hydrogen (secondary N) is 1. The van der Waals surface area contributed by atoms with Crippen molar-refractivity contribution in [3.05, 3.63) is 22.7 Å². The van der Waals surface area contributed by atoms with E-state index in [-0.39, 0.29) is 0 Å². The van der Waals surface area contributed by atoms with Crippen LogP contribution < -0.4 is 10.1 Å². The van der Waals surface area contributed by atoms with Crippen LogP contribution in [0.15, 0.2) is 22.7 Å². The molecule has 0 radical (unpaired) electrons. The Morgan fingerprint density at radius 3 is 3.07 bits per heavy atom. The van der Waals surface area contributed by atoms with Gasteiger partial charge in [-0.3, -0.25) is 0 Å². The summed E-state index contributed by atoms with van der Waals surface area (Å²) in [5, 5.41) is 3.51. The first-order valence-electron chi connectivity index (χ1n) is 5.34. The molecule has 1 aromatic rings. The first-order valence-corrected chi connectivity index (χ1v) is 6.13. The van der Waals surface area contributed by atoms with E-state index in [1.54, 1.807) is 0 Å². The fourth-order valence-electron chi connectivity index (χ4n) is 1.88. The van der Waals surface area contributed by atoms with Crippen molar-refractivity contribution in [3.63, 3.8) is 0 Å². The molecular formula is C12H16BrNO. The second-order valence-electron chi connectivity index (χ2n) is 4.42. The second kappa shape index (κ2) is 4.44. The second-order valence-corrected chi connectivity index (χ2v) is 5.34. The van der Waals surface area contributed by atoms with E-state index in [9.17, 15) is 0 Å². The SMILES string of the molecule is CC(C)CC1COc2cc(Br)ccc2N1. The van der Waals surface area contributed by atoms with Gasteiger partial charge in [0.25, 0.3) is 0 Å². The maximum absolute atomic E-state index is 5.73. The van der Waals surface area contributed by atoms with Gasteiger partial charge in [0.05, 0.1) is 11.7 Å². The van der Waals surface area contributed by atoms with Gasteiger partial charge in [0.1, 0.15) is 12.4 Å². The average Bonchev–Trinajstić information content (AvgIpc) is 2.17. The molecule has 0 aliphatic carbocycles. The van der Waals surface area contributed by atoms with Crippen molar-refractivity contribution in [2.45, 2.75) is 26.3 Å². The fraction of sp³-hybridized carbons (Fsp3) is 0.500. The smallest absolute Gasteiger partial charge is 0.143 e. The van der Waals surface area contributed by atoms with Crippen molar-refractivity contribution in [1.82, 2.24) is 0 Å². The van der Waals surface area contributed by atoms with Gasteiger partial charge in [0.15, 0.2) is 0 Å². The first kappa shape index (κ1) is 10.8. The van der Waals surface area contributed by atoms with Gasteiger partial charge < -0.3 is 10.1 Å². The van der Waals surface area contributed by atoms with Gasteiger partial charge in [0.2, 0.25) is 0 Å². The lowest BCUT2D eigenvalue weighted by molar-refractivity contribution is 0.268. The van der Waals surface area contributed by atoms with Crippen LogP contribution in [-0.2, 0) is 0 Å². The number of fused-ring (bicyclic) bond motifs is 1. The summed E-state index contributed by atoms with van der Waals surface area (Å²) in [7, 11) is 0. The van der Waals surface area contributed by atoms with E-state index in [1.165, 1.54) is 0 Å². The summed E-state index contributed by atoms with van der Waals surface area (Å²) in [5.74, 6) is 1.65. The molecule has 2 nitrogen and oxygen atoms in total. The van der Waals surface area contributed by atoms with Gasteiger partial charge in [-0.1, -0.05) is 29.8 Å². The van der Waals surface area contributed by atoms with Crippen molar-refractivity contribution in [2.24, 2.45) is 5.92 Å². The summed E-state index contributed by atoms with van der Waals surface area (Å²) < 4.78 is 6.79. The molecule has 1 aliphatic heterocycles. The van der Waals surface area contributed by atoms with Gasteiger partial charge in [-0.2, -0.15) is 0 Å². The molecule has 0 spiro atoms. The molecule has 2 rings (SSSR count). The van der Waals surface area contributed by atoms with E-state index in [2.05, 4.69) is 41.2 Å². The van der Waals surface area contributed by atoms with Crippen LogP contribution in [0.1, 0.15) is 20.3 Å². The standard InChI is InChI=1S/C12H16BrNO/c1-8(2)5-10-7-15-12-6-9(13)3-4-11(12)14-10/h3-4,6,8,10,14H,5,7H2,1-2H3. The molecule has 0 saturated carbocycles. The number of halogens is 1. The highest BCUT2D eigenvalue weighted by Crippen LogP contribution is 2.32. The van der Waals surface area contributed by atoms with Crippen molar-refractivity contribution in [1.29, 1.82) is 0 Å². The monoisotopic (exact) mass is 269 g/mol. The van der Waals surface area contributed by atoms with Gasteiger partial charge in [0, 0.05) is 4.47 Å². The zero-order valence-electron chi connectivity index (χ0n) is 9.09. The number of benzene rings is 1. The molecule has 1 aliphatic rings. The highest BCUT2D eigenvalue weighted by Gasteiger charge is 2.19. The van der Waals surface area contributed by atoms with E-state index < -0.39 is 0 Å². The highest BCUT2D eigenvalue weighted by atomic mass is 79.9. The number of hydrogen-bond acceptors (Lipinski definition) is 2. The largest absolute Gasteiger partial charge is 0.489 e. The molecule has 0 aromatic heterocycles. The number of rotatable bonds is 2. The summed E-state index contributed by atoms with van der Waals surface area (Å²) in [5.41, 5.74) is 1.11. The van der Waals surface area contributed by atoms with E-state index in [0.717, 1.165) is 28.9 Å². The normalized spacial score (nSPS) is 19.3. The topological polar surface area (TPSA) is 21.3 Å². The summed E-state index contributed by atoms with van der Waals surface area (Å²) in [6.45, 7) is 5.24. The van der Waals surface area contributed by atoms with Crippen LogP contribution >= 0.6 is 15.9 Å². The van der Waals surface area contributed by atoms with Crippen LogP contribution in [0.25, 0.3) is 0 Å². The predicted molar refractivity (Wildman–Crippen MR) is 66.5 cm³/mol. The Labute approximate surface area is 99.1 Å². The lowest BCUT2D eigenvalue weighted by atomic mass is 10.0. The van der Waals surface area contributed by atoms with E-state index in [0.29, 0.717) is 12.0 Å². The molecule has 0 bridgehead atoms. The van der Waals surface area contributed by atoms with Gasteiger partial charge in [-0.25, -0.2) is 0 Å². The molecule has 0 fully saturated rings. The molecule has 0 saturated heterocycles. The molecule has 1 aromatic carbocycles. The van der Waals surface area contributed by atoms with Crippen LogP contribution in [0, 0.1) is 5.92 Å². The number of ether oxygens (including phenoxy) is 1. The molecule has 1 atom stereocenters. The first-order chi connectivity index (χ1) is 7.15. The Kier molecular flexibility index (Phi) is 3.19. The Morgan fingerprint density at radius 1 is 1.53 bits per heavy atom. The van der Waals surface area contributed by atoms with Crippen LogP contribution in [0.2, 0.25) is 0 Å². The van der Waals surface area contributed by atoms with Crippen LogP contribution in [0.4, 0.5) is 5.69 Å². The summed E-state index contributed by atoms with van der Waals surface area (Å²) in [6, 6.07) is 6.55. The zero-order chi connectivity index (χ0) is 10.8. The van der Waals surface area contributed by atoms with Gasteiger partial charge in [-0.15, -0.1) is 0 Å². The summed E-state index contributed by atoms with van der Waals surface area (Å²) in [6.07, 6.45) is 1.15. The Balaban J connectivity index is 2.10. The molecule has 15 heavy (non-hydrogen) atoms. The maximum Gasteiger partial charge on any atom is 0.143 e. The molecule has 0 amide bonds. The van der Waals surface area contributed by atoms with Crippen molar-refractivity contribution in [3.8, 4) is 5.75 Å². The molecule has 1 N–H and O–H groups in total. The third kappa shape index (κ3) is 2.65. The number of anilines is 1. The van der Waals surface area contributed by atoms with E-state index in [1.807, 2.05) is 12.1 Å². The minimum absolute atomic E-state index is 0.443. The lowest BCUT2D eigenvalue weighted by Gasteiger charge is -2.28. The van der Waals surface area contributed by atoms with Crippen molar-refractivity contribution < 1.29 is 4.74 Å². The third-order valence-electron chi connectivity index (χ3n) is 2.50. The molecule has 1 unspecified atom stereocenters. The molecule has 3 heteroatoms. The fourth-order valence-corrected chi connectivity index (χ4v) is 2.22. The molecular weight excluding hydrogens is 254 g/mol. The highest BCUT2D eigenvalue weighted by molar-refractivity contribution is 9.10. The third-order valence-corrected chi connectivity index (χ3v) is 2.99. The predicted octanol–water partition coefficient (Wildman–Crippen LogP) is 3.67. The maximum atomic E-state index is 5.73. The Bertz CT molecular complexity index is 351. The lowest BCUT2D eigenvalue weighted by Crippen LogP contribution is -2.32. The summed E-state index contributed by atoms with van der Waals surface area (Å²) in [4.78, 5) is 0. The van der Waals surface area contributed by atoms with Gasteiger partial charge >= 0.3 is 0 Å².